The number of nitrogens with two attached hydrogens (primary N) is 1. The lowest BCUT2D eigenvalue weighted by Crippen LogP contribution is -2.12. The topological polar surface area (TPSA) is 142 Å². The molecule has 1 aliphatic heterocycles. The van der Waals surface area contributed by atoms with E-state index in [4.69, 9.17) is 9.92 Å². The normalized spacial score (nSPS) is 15.6. The minimum Gasteiger partial charge on any atom is -0.378 e. The first-order valence-electron chi connectivity index (χ1n) is 7.33. The van der Waals surface area contributed by atoms with E-state index in [1.54, 1.807) is 6.07 Å². The lowest BCUT2D eigenvalue weighted by molar-refractivity contribution is -0.387. The molecule has 0 spiro atoms. The lowest BCUT2D eigenvalue weighted by atomic mass is 10.2. The third kappa shape index (κ3) is 3.99. The van der Waals surface area contributed by atoms with Crippen molar-refractivity contribution in [2.75, 3.05) is 0 Å². The van der Waals surface area contributed by atoms with Crippen molar-refractivity contribution in [1.29, 1.82) is 0 Å². The highest BCUT2D eigenvalue weighted by Gasteiger charge is 2.28. The molecule has 0 bridgehead atoms. The van der Waals surface area contributed by atoms with Crippen molar-refractivity contribution in [3.05, 3.63) is 69.1 Å². The molecule has 2 N–H and O–H groups in total. The first-order valence-corrected chi connectivity index (χ1v) is 9.55. The Bertz CT molecular complexity index is 1110. The van der Waals surface area contributed by atoms with Gasteiger partial charge in [0, 0.05) is 11.6 Å². The fraction of sp³-hybridized carbons (Fsp3) is 0. The summed E-state index contributed by atoms with van der Waals surface area (Å²) >= 11 is 0.943. The number of nitro benzene ring substituents is 1. The summed E-state index contributed by atoms with van der Waals surface area (Å²) in [4.78, 5) is 25.2. The third-order valence-corrected chi connectivity index (χ3v) is 5.47. The molecule has 11 heteroatoms. The van der Waals surface area contributed by atoms with Crippen LogP contribution >= 0.6 is 11.8 Å². The molecular formula is C16H11N3O6S2. The number of hydrogen-bond donors (Lipinski definition) is 1. The molecule has 0 radical (unpaired) electrons. The number of benzene rings is 2. The first kappa shape index (κ1) is 18.6. The van der Waals surface area contributed by atoms with Gasteiger partial charge < -0.3 is 9.92 Å². The molecule has 0 saturated carbocycles. The second-order valence-corrected chi connectivity index (χ2v) is 7.74. The SMILES string of the molecule is NC1=NC(=O)/C(=C/c2ccccc2OS(=O)(=O)c2ccccc2[N+](=O)[O-])S1. The first-order chi connectivity index (χ1) is 12.8. The lowest BCUT2D eigenvalue weighted by Gasteiger charge is -2.10. The van der Waals surface area contributed by atoms with Gasteiger partial charge in [-0.15, -0.1) is 0 Å². The molecule has 0 saturated heterocycles. The predicted molar refractivity (Wildman–Crippen MR) is 99.5 cm³/mol. The van der Waals surface area contributed by atoms with E-state index in [9.17, 15) is 23.3 Å². The van der Waals surface area contributed by atoms with Crippen LogP contribution in [-0.4, -0.2) is 24.4 Å². The summed E-state index contributed by atoms with van der Waals surface area (Å²) in [6.45, 7) is 0. The van der Waals surface area contributed by atoms with E-state index in [-0.39, 0.29) is 21.4 Å². The number of thioether (sulfide) groups is 1. The molecular weight excluding hydrogens is 394 g/mol. The zero-order valence-corrected chi connectivity index (χ0v) is 15.1. The van der Waals surface area contributed by atoms with Crippen LogP contribution in [0, 0.1) is 10.1 Å². The summed E-state index contributed by atoms with van der Waals surface area (Å²) in [7, 11) is -4.49. The Hall–Kier alpha value is -3.18. The van der Waals surface area contributed by atoms with Crippen LogP contribution in [0.15, 0.2) is 63.3 Å². The molecule has 0 aliphatic carbocycles. The molecule has 3 rings (SSSR count). The summed E-state index contributed by atoms with van der Waals surface area (Å²) in [5.41, 5.74) is 5.17. The standard InChI is InChI=1S/C16H11N3O6S2/c17-16-18-15(20)13(26-16)9-10-5-1-3-7-12(10)25-27(23,24)14-8-4-2-6-11(14)19(21)22/h1-9H,(H2,17,18,20)/b13-9-. The monoisotopic (exact) mass is 405 g/mol. The van der Waals surface area contributed by atoms with E-state index in [1.165, 1.54) is 36.4 Å². The number of nitrogens with zero attached hydrogens (tertiary/aromatic N) is 2. The van der Waals surface area contributed by atoms with E-state index in [0.717, 1.165) is 23.9 Å². The molecule has 1 heterocycles. The molecule has 9 nitrogen and oxygen atoms in total. The van der Waals surface area contributed by atoms with Crippen LogP contribution < -0.4 is 9.92 Å². The Morgan fingerprint density at radius 1 is 1.15 bits per heavy atom. The quantitative estimate of drug-likeness (QED) is 0.345. The number of amides is 1. The predicted octanol–water partition coefficient (Wildman–Crippen LogP) is 2.29. The maximum Gasteiger partial charge on any atom is 0.346 e. The van der Waals surface area contributed by atoms with Gasteiger partial charge in [-0.1, -0.05) is 30.3 Å². The maximum atomic E-state index is 12.6. The zero-order valence-electron chi connectivity index (χ0n) is 13.4. The van der Waals surface area contributed by atoms with E-state index >= 15 is 0 Å². The van der Waals surface area contributed by atoms with Crippen LogP contribution in [0.2, 0.25) is 0 Å². The number of aliphatic imine (C=N–C) groups is 1. The molecule has 0 aromatic heterocycles. The van der Waals surface area contributed by atoms with E-state index in [1.807, 2.05) is 0 Å². The Morgan fingerprint density at radius 3 is 2.48 bits per heavy atom. The van der Waals surface area contributed by atoms with Gasteiger partial charge in [0.05, 0.1) is 9.83 Å². The van der Waals surface area contributed by atoms with E-state index < -0.39 is 31.5 Å². The molecule has 27 heavy (non-hydrogen) atoms. The zero-order chi connectivity index (χ0) is 19.6. The largest absolute Gasteiger partial charge is 0.378 e. The van der Waals surface area contributed by atoms with Crippen LogP contribution in [0.25, 0.3) is 6.08 Å². The summed E-state index contributed by atoms with van der Waals surface area (Å²) < 4.78 is 30.3. The number of carbonyl (C=O) groups excluding carboxylic acids is 1. The molecule has 1 aliphatic rings. The molecule has 1 amide bonds. The molecule has 138 valence electrons. The highest BCUT2D eigenvalue weighted by Crippen LogP contribution is 2.32. The van der Waals surface area contributed by atoms with Gasteiger partial charge in [-0.2, -0.15) is 13.4 Å². The smallest absolute Gasteiger partial charge is 0.346 e. The van der Waals surface area contributed by atoms with Gasteiger partial charge in [0.1, 0.15) is 5.75 Å². The van der Waals surface area contributed by atoms with Crippen molar-refractivity contribution in [2.45, 2.75) is 4.90 Å². The number of para-hydroxylation sites is 2. The Kier molecular flexibility index (Phi) is 4.97. The van der Waals surface area contributed by atoms with Crippen molar-refractivity contribution < 1.29 is 22.3 Å². The number of nitro groups is 1. The number of rotatable bonds is 5. The van der Waals surface area contributed by atoms with Crippen LogP contribution in [0.4, 0.5) is 5.69 Å². The van der Waals surface area contributed by atoms with Crippen molar-refractivity contribution in [3.63, 3.8) is 0 Å². The summed E-state index contributed by atoms with van der Waals surface area (Å²) in [6, 6.07) is 10.9. The minimum atomic E-state index is -4.49. The van der Waals surface area contributed by atoms with E-state index in [0.29, 0.717) is 0 Å². The van der Waals surface area contributed by atoms with Crippen molar-refractivity contribution >= 4 is 44.7 Å². The summed E-state index contributed by atoms with van der Waals surface area (Å²) in [5.74, 6) is -0.643. The highest BCUT2D eigenvalue weighted by molar-refractivity contribution is 8.18. The number of carbonyl (C=O) groups is 1. The van der Waals surface area contributed by atoms with Gasteiger partial charge in [0.2, 0.25) is 0 Å². The van der Waals surface area contributed by atoms with Crippen LogP contribution in [0.3, 0.4) is 0 Å². The Morgan fingerprint density at radius 2 is 1.81 bits per heavy atom. The highest BCUT2D eigenvalue weighted by atomic mass is 32.2. The average Bonchev–Trinajstić information content (AvgIpc) is 2.93. The fourth-order valence-electron chi connectivity index (χ4n) is 2.22. The second-order valence-electron chi connectivity index (χ2n) is 5.17. The maximum absolute atomic E-state index is 12.6. The molecule has 0 fully saturated rings. The average molecular weight is 405 g/mol. The van der Waals surface area contributed by atoms with Gasteiger partial charge in [0.25, 0.3) is 11.6 Å². The summed E-state index contributed by atoms with van der Waals surface area (Å²) in [5, 5.41) is 11.2. The van der Waals surface area contributed by atoms with Gasteiger partial charge in [0.15, 0.2) is 10.1 Å². The van der Waals surface area contributed by atoms with Gasteiger partial charge in [-0.05, 0) is 30.0 Å². The molecule has 2 aromatic rings. The van der Waals surface area contributed by atoms with Crippen LogP contribution in [-0.2, 0) is 14.9 Å². The third-order valence-electron chi connectivity index (χ3n) is 3.37. The van der Waals surface area contributed by atoms with Crippen LogP contribution in [0.5, 0.6) is 5.75 Å². The second kappa shape index (κ2) is 7.21. The van der Waals surface area contributed by atoms with Crippen molar-refractivity contribution in [3.8, 4) is 5.75 Å². The minimum absolute atomic E-state index is 0.0807. The summed E-state index contributed by atoms with van der Waals surface area (Å²) in [6.07, 6.45) is 1.39. The van der Waals surface area contributed by atoms with E-state index in [2.05, 4.69) is 4.99 Å². The Labute approximate surface area is 157 Å². The fourth-order valence-corrected chi connectivity index (χ4v) is 4.02. The van der Waals surface area contributed by atoms with Crippen molar-refractivity contribution in [2.24, 2.45) is 10.7 Å². The number of amidine groups is 1. The van der Waals surface area contributed by atoms with Gasteiger partial charge >= 0.3 is 10.1 Å². The number of hydrogen-bond acceptors (Lipinski definition) is 8. The van der Waals surface area contributed by atoms with Crippen LogP contribution in [0.1, 0.15) is 5.56 Å². The molecule has 2 aromatic carbocycles. The van der Waals surface area contributed by atoms with Crippen molar-refractivity contribution in [1.82, 2.24) is 0 Å². The molecule has 0 unspecified atom stereocenters. The molecule has 0 atom stereocenters. The Balaban J connectivity index is 1.99. The van der Waals surface area contributed by atoms with Gasteiger partial charge in [-0.3, -0.25) is 14.9 Å². The van der Waals surface area contributed by atoms with Gasteiger partial charge in [-0.25, -0.2) is 0 Å².